The van der Waals surface area contributed by atoms with Gasteiger partial charge >= 0.3 is 0 Å². The number of benzene rings is 2. The molecule has 0 saturated carbocycles. The third kappa shape index (κ3) is 7.80. The molecule has 11 heteroatoms. The highest BCUT2D eigenvalue weighted by atomic mass is 16.3. The van der Waals surface area contributed by atoms with E-state index in [2.05, 4.69) is 15.6 Å². The molecule has 1 heterocycles. The molecule has 0 bridgehead atoms. The molecule has 7 N–H and O–H groups in total. The first-order valence-electron chi connectivity index (χ1n) is 12.5. The summed E-state index contributed by atoms with van der Waals surface area (Å²) in [5, 5.41) is 45.0. The van der Waals surface area contributed by atoms with Gasteiger partial charge in [0, 0.05) is 85.3 Å². The van der Waals surface area contributed by atoms with Gasteiger partial charge in [-0.25, -0.2) is 0 Å². The van der Waals surface area contributed by atoms with Gasteiger partial charge < -0.3 is 45.8 Å². The molecule has 0 fully saturated rings. The molecule has 2 amide bonds. The molecular formula is C26H37N5O6. The monoisotopic (exact) mass is 515 g/mol. The summed E-state index contributed by atoms with van der Waals surface area (Å²) in [6, 6.07) is 11.9. The smallest absolute Gasteiger partial charge is 0.224 e. The van der Waals surface area contributed by atoms with E-state index in [0.29, 0.717) is 13.1 Å². The number of hydrogen-bond donors (Lipinski definition) is 7. The van der Waals surface area contributed by atoms with Crippen LogP contribution in [-0.4, -0.2) is 113 Å². The molecule has 0 atom stereocenters. The summed E-state index contributed by atoms with van der Waals surface area (Å²) >= 11 is 0. The largest absolute Gasteiger partial charge is 0.395 e. The summed E-state index contributed by atoms with van der Waals surface area (Å²) < 4.78 is 0. The highest BCUT2D eigenvalue weighted by Crippen LogP contribution is 2.30. The van der Waals surface area contributed by atoms with Crippen molar-refractivity contribution in [3.05, 3.63) is 36.4 Å². The van der Waals surface area contributed by atoms with E-state index in [4.69, 9.17) is 20.4 Å². The number of nitrogens with one attached hydrogen (secondary N) is 3. The van der Waals surface area contributed by atoms with Crippen LogP contribution in [0.1, 0.15) is 12.8 Å². The van der Waals surface area contributed by atoms with E-state index in [0.717, 1.165) is 33.2 Å². The molecule has 2 aromatic carbocycles. The number of aliphatic hydroxyl groups excluding tert-OH is 4. The summed E-state index contributed by atoms with van der Waals surface area (Å²) in [7, 11) is 0. The molecule has 0 aliphatic carbocycles. The number of rotatable bonds is 16. The molecule has 202 valence electrons. The number of nitrogens with zero attached hydrogens (tertiary/aromatic N) is 2. The molecule has 11 nitrogen and oxygen atoms in total. The van der Waals surface area contributed by atoms with Crippen molar-refractivity contribution in [3.8, 4) is 0 Å². The molecule has 1 aromatic heterocycles. The Kier molecular flexibility index (Phi) is 11.0. The zero-order valence-electron chi connectivity index (χ0n) is 20.9. The van der Waals surface area contributed by atoms with Gasteiger partial charge in [0.2, 0.25) is 11.8 Å². The lowest BCUT2D eigenvalue weighted by Gasteiger charge is -2.20. The first kappa shape index (κ1) is 28.2. The van der Waals surface area contributed by atoms with Crippen LogP contribution in [0.15, 0.2) is 36.4 Å². The van der Waals surface area contributed by atoms with Crippen LogP contribution in [0.25, 0.3) is 21.8 Å². The zero-order chi connectivity index (χ0) is 26.6. The van der Waals surface area contributed by atoms with Crippen LogP contribution in [0.2, 0.25) is 0 Å². The number of aromatic amines is 1. The van der Waals surface area contributed by atoms with Crippen LogP contribution in [0, 0.1) is 0 Å². The average molecular weight is 516 g/mol. The van der Waals surface area contributed by atoms with Gasteiger partial charge in [-0.1, -0.05) is 0 Å². The van der Waals surface area contributed by atoms with Gasteiger partial charge in [-0.15, -0.1) is 0 Å². The minimum Gasteiger partial charge on any atom is -0.395 e. The van der Waals surface area contributed by atoms with E-state index in [9.17, 15) is 9.59 Å². The Morgan fingerprint density at radius 1 is 0.649 bits per heavy atom. The zero-order valence-corrected chi connectivity index (χ0v) is 20.9. The number of anilines is 2. The maximum atomic E-state index is 12.3. The number of fused-ring (bicyclic) bond motifs is 3. The first-order valence-corrected chi connectivity index (χ1v) is 12.5. The van der Waals surface area contributed by atoms with Gasteiger partial charge in [0.25, 0.3) is 0 Å². The third-order valence-corrected chi connectivity index (χ3v) is 6.12. The number of aliphatic hydroxyl groups is 4. The van der Waals surface area contributed by atoms with Gasteiger partial charge in [-0.2, -0.15) is 0 Å². The molecule has 0 spiro atoms. The number of H-pyrrole nitrogens is 1. The third-order valence-electron chi connectivity index (χ3n) is 6.12. The van der Waals surface area contributed by atoms with Crippen molar-refractivity contribution in [2.45, 2.75) is 12.8 Å². The molecule has 3 rings (SSSR count). The highest BCUT2D eigenvalue weighted by Gasteiger charge is 2.13. The van der Waals surface area contributed by atoms with Crippen molar-refractivity contribution in [2.24, 2.45) is 0 Å². The Morgan fingerprint density at radius 3 is 1.38 bits per heavy atom. The van der Waals surface area contributed by atoms with Crippen LogP contribution >= 0.6 is 0 Å². The van der Waals surface area contributed by atoms with Crippen molar-refractivity contribution in [1.82, 2.24) is 14.8 Å². The lowest BCUT2D eigenvalue weighted by molar-refractivity contribution is -0.132. The first-order chi connectivity index (χ1) is 18.0. The normalized spacial score (nSPS) is 11.1. The molecule has 0 aliphatic heterocycles. The van der Waals surface area contributed by atoms with Crippen molar-refractivity contribution < 1.29 is 30.0 Å². The Morgan fingerprint density at radius 2 is 1.03 bits per heavy atom. The van der Waals surface area contributed by atoms with Crippen molar-refractivity contribution >= 4 is 45.0 Å². The number of amides is 2. The van der Waals surface area contributed by atoms with E-state index < -0.39 is 0 Å². The Bertz CT molecular complexity index is 1070. The van der Waals surface area contributed by atoms with Crippen LogP contribution in [0.3, 0.4) is 0 Å². The van der Waals surface area contributed by atoms with Gasteiger partial charge in [-0.3, -0.25) is 9.59 Å². The van der Waals surface area contributed by atoms with Crippen LogP contribution < -0.4 is 10.6 Å². The fourth-order valence-electron chi connectivity index (χ4n) is 4.27. The number of aromatic nitrogens is 1. The molecule has 0 aliphatic rings. The topological polar surface area (TPSA) is 161 Å². The summed E-state index contributed by atoms with van der Waals surface area (Å²) in [6.45, 7) is 1.08. The van der Waals surface area contributed by atoms with Gasteiger partial charge in [0.05, 0.1) is 26.4 Å². The van der Waals surface area contributed by atoms with Crippen molar-refractivity contribution in [3.63, 3.8) is 0 Å². The fraction of sp³-hybridized carbons (Fsp3) is 0.462. The second-order valence-electron chi connectivity index (χ2n) is 8.66. The van der Waals surface area contributed by atoms with Gasteiger partial charge in [0.1, 0.15) is 0 Å². The molecule has 0 radical (unpaired) electrons. The summed E-state index contributed by atoms with van der Waals surface area (Å²) in [5.74, 6) is -0.261. The fourth-order valence-corrected chi connectivity index (χ4v) is 4.27. The van der Waals surface area contributed by atoms with E-state index in [1.807, 2.05) is 36.4 Å². The predicted molar refractivity (Wildman–Crippen MR) is 144 cm³/mol. The van der Waals surface area contributed by atoms with Gasteiger partial charge in [-0.05, 0) is 36.4 Å². The van der Waals surface area contributed by atoms with E-state index >= 15 is 0 Å². The second-order valence-corrected chi connectivity index (χ2v) is 8.66. The Hall–Kier alpha value is -3.38. The van der Waals surface area contributed by atoms with Crippen LogP contribution in [-0.2, 0) is 9.59 Å². The summed E-state index contributed by atoms with van der Waals surface area (Å²) in [4.78, 5) is 31.0. The van der Waals surface area contributed by atoms with E-state index in [1.165, 1.54) is 9.80 Å². The van der Waals surface area contributed by atoms with Gasteiger partial charge in [0.15, 0.2) is 0 Å². The summed E-state index contributed by atoms with van der Waals surface area (Å²) in [6.07, 6.45) is 0.486. The SMILES string of the molecule is O=C(CCNc1ccc2[nH]c3ccc(NCCC(=O)N(CCO)CCO)cc3c2c1)N(CCO)CCO. The maximum absolute atomic E-state index is 12.3. The van der Waals surface area contributed by atoms with E-state index in [1.54, 1.807) is 0 Å². The lowest BCUT2D eigenvalue weighted by atomic mass is 10.1. The molecule has 0 saturated heterocycles. The molecule has 3 aromatic rings. The second kappa shape index (κ2) is 14.4. The number of hydrogen-bond acceptors (Lipinski definition) is 8. The number of carbonyl (C=O) groups excluding carboxylic acids is 2. The van der Waals surface area contributed by atoms with Crippen molar-refractivity contribution in [1.29, 1.82) is 0 Å². The van der Waals surface area contributed by atoms with E-state index in [-0.39, 0.29) is 77.3 Å². The lowest BCUT2D eigenvalue weighted by Crippen LogP contribution is -2.36. The highest BCUT2D eigenvalue weighted by molar-refractivity contribution is 6.09. The van der Waals surface area contributed by atoms with Crippen LogP contribution in [0.5, 0.6) is 0 Å². The Labute approximate surface area is 215 Å². The molecule has 37 heavy (non-hydrogen) atoms. The van der Waals surface area contributed by atoms with Crippen LogP contribution in [0.4, 0.5) is 11.4 Å². The summed E-state index contributed by atoms with van der Waals surface area (Å²) in [5.41, 5.74) is 3.69. The number of carbonyl (C=O) groups is 2. The quantitative estimate of drug-likeness (QED) is 0.146. The molecular weight excluding hydrogens is 478 g/mol. The predicted octanol–water partition coefficient (Wildman–Crippen LogP) is 0.552. The minimum atomic E-state index is -0.143. The minimum absolute atomic E-state index is 0.131. The Balaban J connectivity index is 1.63. The van der Waals surface area contributed by atoms with Crippen molar-refractivity contribution in [2.75, 3.05) is 76.3 Å². The standard InChI is InChI=1S/C26H37N5O6/c32-13-9-30(10-14-33)25(36)5-7-27-19-1-3-23-21(17-19)22-18-20(2-4-24(22)29-23)28-8-6-26(37)31(11-15-34)12-16-35/h1-4,17-18,27-29,32-35H,5-16H2. The average Bonchev–Trinajstić information content (AvgIpc) is 3.25. The maximum Gasteiger partial charge on any atom is 0.224 e. The molecule has 0 unspecified atom stereocenters.